The quantitative estimate of drug-likeness (QED) is 0.417. The zero-order valence-electron chi connectivity index (χ0n) is 7.82. The minimum Gasteiger partial charge on any atom is -0.379 e. The molecular formula is C9H16N2OS. The average Bonchev–Trinajstić information content (AvgIpc) is 2.65. The van der Waals surface area contributed by atoms with Gasteiger partial charge in [-0.3, -0.25) is 11.3 Å². The van der Waals surface area contributed by atoms with Crippen LogP contribution >= 0.6 is 11.3 Å². The molecule has 0 radical (unpaired) electrons. The van der Waals surface area contributed by atoms with E-state index in [9.17, 15) is 0 Å². The first-order chi connectivity index (χ1) is 6.38. The molecule has 1 aromatic rings. The Morgan fingerprint density at radius 2 is 2.54 bits per heavy atom. The minimum absolute atomic E-state index is 0.123. The fourth-order valence-electron chi connectivity index (χ4n) is 1.06. The summed E-state index contributed by atoms with van der Waals surface area (Å²) in [5, 5.41) is 4.12. The lowest BCUT2D eigenvalue weighted by Crippen LogP contribution is -2.31. The summed E-state index contributed by atoms with van der Waals surface area (Å²) < 4.78 is 5.42. The van der Waals surface area contributed by atoms with E-state index in [0.29, 0.717) is 6.61 Å². The van der Waals surface area contributed by atoms with Gasteiger partial charge in [-0.25, -0.2) is 0 Å². The zero-order chi connectivity index (χ0) is 9.52. The Bertz CT molecular complexity index is 213. The Morgan fingerprint density at radius 1 is 1.69 bits per heavy atom. The van der Waals surface area contributed by atoms with Gasteiger partial charge in [0.2, 0.25) is 0 Å². The van der Waals surface area contributed by atoms with Crippen LogP contribution in [0.5, 0.6) is 0 Å². The molecule has 0 amide bonds. The maximum atomic E-state index is 5.42. The minimum atomic E-state index is 0.123. The van der Waals surface area contributed by atoms with E-state index in [0.717, 1.165) is 13.0 Å². The second-order valence-electron chi connectivity index (χ2n) is 2.85. The first kappa shape index (κ1) is 10.7. The molecule has 0 aliphatic carbocycles. The third-order valence-corrected chi connectivity index (χ3v) is 2.48. The number of hydrazine groups is 1. The third-order valence-electron chi connectivity index (χ3n) is 1.78. The van der Waals surface area contributed by atoms with Crippen LogP contribution in [0, 0.1) is 0 Å². The fraction of sp³-hybridized carbons (Fsp3) is 0.556. The molecule has 1 aromatic heterocycles. The van der Waals surface area contributed by atoms with Crippen LogP contribution in [-0.4, -0.2) is 13.2 Å². The van der Waals surface area contributed by atoms with Gasteiger partial charge in [0.15, 0.2) is 0 Å². The first-order valence-corrected chi connectivity index (χ1v) is 5.38. The van der Waals surface area contributed by atoms with Gasteiger partial charge in [0.1, 0.15) is 0 Å². The van der Waals surface area contributed by atoms with E-state index < -0.39 is 0 Å². The van der Waals surface area contributed by atoms with Crippen molar-refractivity contribution in [1.29, 1.82) is 0 Å². The lowest BCUT2D eigenvalue weighted by atomic mass is 10.2. The van der Waals surface area contributed by atoms with E-state index in [1.165, 1.54) is 5.56 Å². The van der Waals surface area contributed by atoms with E-state index in [4.69, 9.17) is 10.6 Å². The Kier molecular flexibility index (Phi) is 5.00. The highest BCUT2D eigenvalue weighted by Crippen LogP contribution is 2.15. The molecule has 1 heterocycles. The van der Waals surface area contributed by atoms with Crippen LogP contribution in [0.4, 0.5) is 0 Å². The number of hydrogen-bond donors (Lipinski definition) is 2. The van der Waals surface area contributed by atoms with Crippen LogP contribution < -0.4 is 11.3 Å². The molecule has 0 saturated heterocycles. The summed E-state index contributed by atoms with van der Waals surface area (Å²) in [5.41, 5.74) is 3.94. The number of thiophene rings is 1. The fourth-order valence-corrected chi connectivity index (χ4v) is 1.77. The Hall–Kier alpha value is -0.420. The smallest absolute Gasteiger partial charge is 0.0701 e. The van der Waals surface area contributed by atoms with Crippen molar-refractivity contribution in [2.24, 2.45) is 5.84 Å². The van der Waals surface area contributed by atoms with Gasteiger partial charge in [-0.2, -0.15) is 11.3 Å². The molecule has 0 fully saturated rings. The van der Waals surface area contributed by atoms with Crippen LogP contribution in [0.25, 0.3) is 0 Å². The molecule has 0 spiro atoms. The van der Waals surface area contributed by atoms with E-state index in [-0.39, 0.29) is 6.04 Å². The second kappa shape index (κ2) is 6.10. The molecule has 0 aromatic carbocycles. The Balaban J connectivity index is 2.35. The molecule has 74 valence electrons. The lowest BCUT2D eigenvalue weighted by Gasteiger charge is -2.14. The van der Waals surface area contributed by atoms with Crippen LogP contribution in [0.3, 0.4) is 0 Å². The van der Waals surface area contributed by atoms with Gasteiger partial charge >= 0.3 is 0 Å². The van der Waals surface area contributed by atoms with Crippen molar-refractivity contribution in [3.8, 4) is 0 Å². The van der Waals surface area contributed by atoms with Crippen molar-refractivity contribution in [2.75, 3.05) is 13.2 Å². The molecular weight excluding hydrogens is 184 g/mol. The molecule has 0 aliphatic heterocycles. The average molecular weight is 200 g/mol. The van der Waals surface area contributed by atoms with E-state index >= 15 is 0 Å². The van der Waals surface area contributed by atoms with Crippen molar-refractivity contribution < 1.29 is 4.74 Å². The van der Waals surface area contributed by atoms with Crippen LogP contribution in [0.1, 0.15) is 24.9 Å². The zero-order valence-corrected chi connectivity index (χ0v) is 8.64. The first-order valence-electron chi connectivity index (χ1n) is 4.44. The molecule has 1 atom stereocenters. The number of rotatable bonds is 6. The van der Waals surface area contributed by atoms with Crippen LogP contribution in [0.15, 0.2) is 16.8 Å². The Labute approximate surface area is 82.9 Å². The normalized spacial score (nSPS) is 13.1. The van der Waals surface area contributed by atoms with E-state index in [2.05, 4.69) is 23.8 Å². The molecule has 4 heteroatoms. The third kappa shape index (κ3) is 3.44. The summed E-state index contributed by atoms with van der Waals surface area (Å²) in [7, 11) is 0. The summed E-state index contributed by atoms with van der Waals surface area (Å²) in [6.07, 6.45) is 1.04. The molecule has 0 saturated carbocycles. The van der Waals surface area contributed by atoms with Gasteiger partial charge in [-0.1, -0.05) is 6.92 Å². The second-order valence-corrected chi connectivity index (χ2v) is 3.63. The van der Waals surface area contributed by atoms with Gasteiger partial charge in [0.25, 0.3) is 0 Å². The SMILES string of the molecule is CCCOCC(NN)c1ccsc1. The predicted molar refractivity (Wildman–Crippen MR) is 55.5 cm³/mol. The van der Waals surface area contributed by atoms with E-state index in [1.54, 1.807) is 11.3 Å². The van der Waals surface area contributed by atoms with Gasteiger partial charge < -0.3 is 4.74 Å². The largest absolute Gasteiger partial charge is 0.379 e. The molecule has 0 aliphatic rings. The monoisotopic (exact) mass is 200 g/mol. The number of ether oxygens (including phenoxy) is 1. The summed E-state index contributed by atoms with van der Waals surface area (Å²) in [5.74, 6) is 5.42. The van der Waals surface area contributed by atoms with Gasteiger partial charge in [0, 0.05) is 6.61 Å². The van der Waals surface area contributed by atoms with Crippen molar-refractivity contribution in [3.63, 3.8) is 0 Å². The number of nitrogens with two attached hydrogens (primary N) is 1. The molecule has 1 rings (SSSR count). The van der Waals surface area contributed by atoms with Crippen molar-refractivity contribution in [1.82, 2.24) is 5.43 Å². The van der Waals surface area contributed by atoms with Gasteiger partial charge in [-0.15, -0.1) is 0 Å². The Morgan fingerprint density at radius 3 is 3.08 bits per heavy atom. The molecule has 0 bridgehead atoms. The van der Waals surface area contributed by atoms with E-state index in [1.807, 2.05) is 5.38 Å². The van der Waals surface area contributed by atoms with Crippen molar-refractivity contribution in [3.05, 3.63) is 22.4 Å². The molecule has 3 N–H and O–H groups in total. The van der Waals surface area contributed by atoms with Crippen LogP contribution in [0.2, 0.25) is 0 Å². The van der Waals surface area contributed by atoms with Crippen molar-refractivity contribution >= 4 is 11.3 Å². The number of hydrogen-bond acceptors (Lipinski definition) is 4. The lowest BCUT2D eigenvalue weighted by molar-refractivity contribution is 0.112. The molecule has 3 nitrogen and oxygen atoms in total. The highest BCUT2D eigenvalue weighted by molar-refractivity contribution is 7.07. The maximum Gasteiger partial charge on any atom is 0.0701 e. The summed E-state index contributed by atoms with van der Waals surface area (Å²) in [6.45, 7) is 3.53. The van der Waals surface area contributed by atoms with Crippen molar-refractivity contribution in [2.45, 2.75) is 19.4 Å². The van der Waals surface area contributed by atoms with Gasteiger partial charge in [-0.05, 0) is 28.8 Å². The molecule has 13 heavy (non-hydrogen) atoms. The predicted octanol–water partition coefficient (Wildman–Crippen LogP) is 1.68. The highest BCUT2D eigenvalue weighted by Gasteiger charge is 2.09. The number of nitrogens with one attached hydrogen (secondary N) is 1. The highest BCUT2D eigenvalue weighted by atomic mass is 32.1. The molecule has 1 unspecified atom stereocenters. The van der Waals surface area contributed by atoms with Crippen LogP contribution in [-0.2, 0) is 4.74 Å². The maximum absolute atomic E-state index is 5.42. The summed E-state index contributed by atoms with van der Waals surface area (Å²) in [4.78, 5) is 0. The topological polar surface area (TPSA) is 47.3 Å². The standard InChI is InChI=1S/C9H16N2OS/c1-2-4-12-6-9(11-10)8-3-5-13-7-8/h3,5,7,9,11H,2,4,6,10H2,1H3. The van der Waals surface area contributed by atoms with Gasteiger partial charge in [0.05, 0.1) is 12.6 Å². The summed E-state index contributed by atoms with van der Waals surface area (Å²) >= 11 is 1.67. The summed E-state index contributed by atoms with van der Waals surface area (Å²) in [6, 6.07) is 2.18.